The van der Waals surface area contributed by atoms with Gasteiger partial charge in [0.05, 0.1) is 25.7 Å². The Bertz CT molecular complexity index is 1070. The van der Waals surface area contributed by atoms with Crippen molar-refractivity contribution in [2.24, 2.45) is 0 Å². The fourth-order valence-corrected chi connectivity index (χ4v) is 3.55. The van der Waals surface area contributed by atoms with E-state index >= 15 is 0 Å². The Morgan fingerprint density at radius 3 is 2.24 bits per heavy atom. The Morgan fingerprint density at radius 2 is 1.49 bits per heavy atom. The van der Waals surface area contributed by atoms with Crippen molar-refractivity contribution < 1.29 is 38.5 Å². The van der Waals surface area contributed by atoms with Crippen molar-refractivity contribution in [1.82, 2.24) is 0 Å². The first-order valence-corrected chi connectivity index (χ1v) is 12.5. The molecule has 0 radical (unpaired) electrons. The van der Waals surface area contributed by atoms with Crippen molar-refractivity contribution in [2.75, 3.05) is 19.8 Å². The van der Waals surface area contributed by atoms with Gasteiger partial charge in [0.2, 0.25) is 0 Å². The van der Waals surface area contributed by atoms with E-state index in [4.69, 9.17) is 14.2 Å². The summed E-state index contributed by atoms with van der Waals surface area (Å²) in [6, 6.07) is 11.9. The second kappa shape index (κ2) is 15.4. The third-order valence-corrected chi connectivity index (χ3v) is 5.77. The van der Waals surface area contributed by atoms with Crippen LogP contribution in [0.4, 0.5) is 0 Å². The fourth-order valence-electron chi connectivity index (χ4n) is 3.55. The summed E-state index contributed by atoms with van der Waals surface area (Å²) in [6.07, 6.45) is 1.92. The molecule has 10 heteroatoms. The van der Waals surface area contributed by atoms with Gasteiger partial charge < -0.3 is 19.0 Å². The molecule has 202 valence electrons. The minimum absolute atomic E-state index is 0.0235. The van der Waals surface area contributed by atoms with E-state index < -0.39 is 29.0 Å². The number of ether oxygens (including phenoxy) is 3. The molecule has 0 amide bonds. The highest BCUT2D eigenvalue weighted by molar-refractivity contribution is 5.87. The molecule has 0 fully saturated rings. The normalized spacial score (nSPS) is 12.4. The van der Waals surface area contributed by atoms with Crippen LogP contribution in [0.5, 0.6) is 0 Å². The number of carbonyl (C=O) groups excluding carboxylic acids is 3. The van der Waals surface area contributed by atoms with Crippen molar-refractivity contribution in [2.45, 2.75) is 71.3 Å². The highest BCUT2D eigenvalue weighted by Crippen LogP contribution is 2.24. The minimum Gasteiger partial charge on any atom is -0.466 e. The van der Waals surface area contributed by atoms with Gasteiger partial charge >= 0.3 is 17.9 Å². The van der Waals surface area contributed by atoms with Crippen LogP contribution < -0.4 is 0 Å². The molecule has 0 heterocycles. The van der Waals surface area contributed by atoms with E-state index in [1.807, 2.05) is 37.3 Å². The van der Waals surface area contributed by atoms with Gasteiger partial charge in [0.1, 0.15) is 0 Å². The zero-order valence-corrected chi connectivity index (χ0v) is 21.6. The van der Waals surface area contributed by atoms with Gasteiger partial charge in [0, 0.05) is 6.42 Å². The van der Waals surface area contributed by atoms with Crippen molar-refractivity contribution in [1.29, 1.82) is 0 Å². The lowest BCUT2D eigenvalue weighted by molar-refractivity contribution is -0.757. The number of unbranched alkanes of at least 4 members (excludes halogenated alkanes) is 3. The number of fused-ring (bicyclic) bond motifs is 1. The number of nitrogens with zero attached hydrogens (tertiary/aromatic N) is 1. The van der Waals surface area contributed by atoms with Crippen molar-refractivity contribution in [3.05, 3.63) is 57.6 Å². The number of esters is 3. The number of aryl methyl sites for hydroxylation is 1. The first kappa shape index (κ1) is 29.5. The Balaban J connectivity index is 1.59. The van der Waals surface area contributed by atoms with Crippen LogP contribution in [-0.2, 0) is 33.4 Å². The van der Waals surface area contributed by atoms with Crippen LogP contribution in [0.15, 0.2) is 36.4 Å². The predicted octanol–water partition coefficient (Wildman–Crippen LogP) is 4.82. The van der Waals surface area contributed by atoms with E-state index in [0.717, 1.165) is 21.9 Å². The first-order chi connectivity index (χ1) is 17.7. The second-order valence-electron chi connectivity index (χ2n) is 8.87. The summed E-state index contributed by atoms with van der Waals surface area (Å²) in [6.45, 7) is 5.57. The topological polar surface area (TPSA) is 131 Å². The highest BCUT2D eigenvalue weighted by Gasteiger charge is 2.24. The molecule has 2 aromatic rings. The van der Waals surface area contributed by atoms with E-state index in [9.17, 15) is 24.5 Å². The van der Waals surface area contributed by atoms with E-state index in [0.29, 0.717) is 32.1 Å². The maximum atomic E-state index is 12.6. The van der Waals surface area contributed by atoms with Gasteiger partial charge in [0.25, 0.3) is 5.09 Å². The van der Waals surface area contributed by atoms with Crippen molar-refractivity contribution in [3.8, 4) is 0 Å². The number of hydrogen-bond acceptors (Lipinski definition) is 9. The van der Waals surface area contributed by atoms with E-state index in [-0.39, 0.29) is 32.2 Å². The quantitative estimate of drug-likeness (QED) is 0.101. The molecular weight excluding hydrogens is 482 g/mol. The Labute approximate surface area is 216 Å². The molecular formula is C27H35NO9. The number of hydrogen-bond donors (Lipinski definition) is 0. The smallest absolute Gasteiger partial charge is 0.347 e. The number of carbonyl (C=O) groups is 3. The Morgan fingerprint density at radius 1 is 0.838 bits per heavy atom. The first-order valence-electron chi connectivity index (χ1n) is 12.5. The van der Waals surface area contributed by atoms with Gasteiger partial charge in [-0.15, -0.1) is 10.1 Å². The van der Waals surface area contributed by atoms with E-state index in [1.165, 1.54) is 6.92 Å². The molecule has 10 nitrogen and oxygen atoms in total. The monoisotopic (exact) mass is 517 g/mol. The summed E-state index contributed by atoms with van der Waals surface area (Å²) in [5, 5.41) is 11.3. The van der Waals surface area contributed by atoms with Gasteiger partial charge in [-0.1, -0.05) is 42.0 Å². The lowest BCUT2D eigenvalue weighted by Gasteiger charge is -2.17. The lowest BCUT2D eigenvalue weighted by Crippen LogP contribution is -2.28. The van der Waals surface area contributed by atoms with E-state index in [2.05, 4.69) is 10.9 Å². The zero-order valence-electron chi connectivity index (χ0n) is 21.6. The Hall–Kier alpha value is -3.69. The molecule has 2 atom stereocenters. The molecule has 0 bridgehead atoms. The molecule has 0 N–H and O–H groups in total. The fraction of sp³-hybridized carbons (Fsp3) is 0.519. The summed E-state index contributed by atoms with van der Waals surface area (Å²) < 4.78 is 15.6. The maximum Gasteiger partial charge on any atom is 0.347 e. The number of benzene rings is 2. The molecule has 0 aliphatic carbocycles. The largest absolute Gasteiger partial charge is 0.466 e. The highest BCUT2D eigenvalue weighted by atomic mass is 16.9. The van der Waals surface area contributed by atoms with Gasteiger partial charge in [-0.05, 0) is 69.2 Å². The molecule has 0 aliphatic heterocycles. The Kier molecular flexibility index (Phi) is 12.3. The van der Waals surface area contributed by atoms with Crippen LogP contribution in [0.25, 0.3) is 10.8 Å². The second-order valence-corrected chi connectivity index (χ2v) is 8.87. The summed E-state index contributed by atoms with van der Waals surface area (Å²) >= 11 is 0. The molecule has 37 heavy (non-hydrogen) atoms. The molecule has 0 saturated carbocycles. The van der Waals surface area contributed by atoms with Gasteiger partial charge in [-0.25, -0.2) is 4.79 Å². The van der Waals surface area contributed by atoms with Crippen LogP contribution in [0.1, 0.15) is 69.4 Å². The molecule has 0 saturated heterocycles. The van der Waals surface area contributed by atoms with Crippen LogP contribution in [0, 0.1) is 17.0 Å². The minimum atomic E-state index is -1.02. The molecule has 0 spiro atoms. The molecule has 2 unspecified atom stereocenters. The third kappa shape index (κ3) is 10.8. The lowest BCUT2D eigenvalue weighted by atomic mass is 9.97. The van der Waals surface area contributed by atoms with Crippen LogP contribution in [0.2, 0.25) is 0 Å². The molecule has 0 aliphatic rings. The molecule has 0 aromatic heterocycles. The van der Waals surface area contributed by atoms with Gasteiger partial charge in [0.15, 0.2) is 6.10 Å². The summed E-state index contributed by atoms with van der Waals surface area (Å²) in [5.41, 5.74) is 1.97. The third-order valence-electron chi connectivity index (χ3n) is 5.77. The van der Waals surface area contributed by atoms with Crippen LogP contribution in [-0.4, -0.2) is 48.9 Å². The SMILES string of the molecule is Cc1ccc2cc(C(C)C(=O)OC(C)C(=O)OCCCCCC(=O)OCCCCO[N+](=O)[O-])ccc2c1. The van der Waals surface area contributed by atoms with Gasteiger partial charge in [-0.2, -0.15) is 0 Å². The van der Waals surface area contributed by atoms with Crippen LogP contribution >= 0.6 is 0 Å². The van der Waals surface area contributed by atoms with Crippen molar-refractivity contribution >= 4 is 28.7 Å². The molecule has 2 rings (SSSR count). The van der Waals surface area contributed by atoms with E-state index in [1.54, 1.807) is 6.92 Å². The summed E-state index contributed by atoms with van der Waals surface area (Å²) in [7, 11) is 0. The zero-order chi connectivity index (χ0) is 27.2. The number of rotatable bonds is 16. The summed E-state index contributed by atoms with van der Waals surface area (Å²) in [4.78, 5) is 50.6. The summed E-state index contributed by atoms with van der Waals surface area (Å²) in [5.74, 6) is -1.99. The standard InChI is InChI=1S/C27H35NO9/c1-19-10-11-24-18-22(12-13-23(24)17-19)20(2)26(30)37-21(3)27(31)35-15-6-4-5-9-25(29)34-14-7-8-16-36-28(32)33/h10-13,17-18,20-21H,4-9,14-16H2,1-3H3. The average molecular weight is 518 g/mol. The average Bonchev–Trinajstić information content (AvgIpc) is 2.86. The maximum absolute atomic E-state index is 12.6. The van der Waals surface area contributed by atoms with Gasteiger partial charge in [-0.3, -0.25) is 9.59 Å². The molecule has 2 aromatic carbocycles. The predicted molar refractivity (Wildman–Crippen MR) is 135 cm³/mol. The van der Waals surface area contributed by atoms with Crippen molar-refractivity contribution in [3.63, 3.8) is 0 Å². The van der Waals surface area contributed by atoms with Crippen LogP contribution in [0.3, 0.4) is 0 Å².